The fraction of sp³-hybridized carbons (Fsp3) is 0.444. The highest BCUT2D eigenvalue weighted by Crippen LogP contribution is 2.45. The smallest absolute Gasteiger partial charge is 0.310 e. The number of sulfonamides is 1. The third kappa shape index (κ3) is 2.65. The van der Waals surface area contributed by atoms with Crippen LogP contribution in [0.3, 0.4) is 0 Å². The topological polar surface area (TPSA) is 83.5 Å². The zero-order valence-electron chi connectivity index (χ0n) is 8.94. The summed E-state index contributed by atoms with van der Waals surface area (Å²) in [7, 11) is -3.82. The van der Waals surface area contributed by atoms with Crippen molar-refractivity contribution in [2.24, 2.45) is 5.41 Å². The van der Waals surface area contributed by atoms with Crippen LogP contribution in [0.5, 0.6) is 0 Å². The van der Waals surface area contributed by atoms with E-state index >= 15 is 0 Å². The molecular formula is C9H9Cl2NO4S2. The normalized spacial score (nSPS) is 17.7. The van der Waals surface area contributed by atoms with Gasteiger partial charge in [0.05, 0.1) is 9.75 Å². The van der Waals surface area contributed by atoms with E-state index in [4.69, 9.17) is 28.3 Å². The predicted molar refractivity (Wildman–Crippen MR) is 68.8 cm³/mol. The number of carboxylic acid groups (broad SMARTS) is 1. The molecule has 0 saturated heterocycles. The highest BCUT2D eigenvalue weighted by atomic mass is 35.5. The van der Waals surface area contributed by atoms with Crippen LogP contribution in [-0.2, 0) is 14.8 Å². The van der Waals surface area contributed by atoms with Crippen LogP contribution in [0.1, 0.15) is 12.8 Å². The Kier molecular flexibility index (Phi) is 3.63. The highest BCUT2D eigenvalue weighted by Gasteiger charge is 2.50. The molecular weight excluding hydrogens is 321 g/mol. The van der Waals surface area contributed by atoms with Crippen molar-refractivity contribution in [3.05, 3.63) is 14.7 Å². The molecule has 9 heteroatoms. The van der Waals surface area contributed by atoms with Gasteiger partial charge in [-0.25, -0.2) is 13.1 Å². The number of carbonyl (C=O) groups is 1. The van der Waals surface area contributed by atoms with Crippen LogP contribution in [-0.4, -0.2) is 26.0 Å². The molecule has 1 saturated carbocycles. The van der Waals surface area contributed by atoms with Crippen LogP contribution in [0.4, 0.5) is 0 Å². The minimum Gasteiger partial charge on any atom is -0.481 e. The Balaban J connectivity index is 2.14. The molecule has 0 unspecified atom stereocenters. The first-order valence-corrected chi connectivity index (χ1v) is 8.00. The molecule has 1 aliphatic rings. The maximum atomic E-state index is 11.9. The monoisotopic (exact) mass is 329 g/mol. The van der Waals surface area contributed by atoms with Crippen molar-refractivity contribution < 1.29 is 18.3 Å². The molecule has 1 heterocycles. The average molecular weight is 330 g/mol. The van der Waals surface area contributed by atoms with Crippen LogP contribution in [0.25, 0.3) is 0 Å². The zero-order valence-corrected chi connectivity index (χ0v) is 12.1. The number of aliphatic carboxylic acids is 1. The van der Waals surface area contributed by atoms with E-state index in [0.29, 0.717) is 12.8 Å². The third-order valence-corrected chi connectivity index (χ3v) is 5.98. The van der Waals surface area contributed by atoms with E-state index < -0.39 is 21.4 Å². The van der Waals surface area contributed by atoms with E-state index in [-0.39, 0.29) is 20.1 Å². The fourth-order valence-electron chi connectivity index (χ4n) is 1.44. The molecule has 0 spiro atoms. The summed E-state index contributed by atoms with van der Waals surface area (Å²) in [5, 5.41) is 8.95. The van der Waals surface area contributed by atoms with Crippen molar-refractivity contribution in [2.45, 2.75) is 17.7 Å². The molecule has 5 nitrogen and oxygen atoms in total. The second-order valence-electron chi connectivity index (χ2n) is 4.10. The van der Waals surface area contributed by atoms with Gasteiger partial charge in [0.25, 0.3) is 0 Å². The Morgan fingerprint density at radius 3 is 2.50 bits per heavy atom. The molecule has 18 heavy (non-hydrogen) atoms. The van der Waals surface area contributed by atoms with E-state index in [1.165, 1.54) is 6.07 Å². The van der Waals surface area contributed by atoms with Crippen molar-refractivity contribution in [3.63, 3.8) is 0 Å². The second kappa shape index (κ2) is 4.64. The van der Waals surface area contributed by atoms with Crippen LogP contribution < -0.4 is 4.72 Å². The summed E-state index contributed by atoms with van der Waals surface area (Å²) in [6, 6.07) is 1.25. The molecule has 0 amide bonds. The highest BCUT2D eigenvalue weighted by molar-refractivity contribution is 7.89. The van der Waals surface area contributed by atoms with Crippen molar-refractivity contribution in [1.82, 2.24) is 4.72 Å². The first kappa shape index (κ1) is 14.1. The van der Waals surface area contributed by atoms with E-state index in [0.717, 1.165) is 11.3 Å². The van der Waals surface area contributed by atoms with Gasteiger partial charge < -0.3 is 5.11 Å². The van der Waals surface area contributed by atoms with Crippen LogP contribution in [0, 0.1) is 5.41 Å². The third-order valence-electron chi connectivity index (χ3n) is 2.82. The maximum absolute atomic E-state index is 11.9. The predicted octanol–water partition coefficient (Wildman–Crippen LogP) is 2.20. The number of rotatable bonds is 5. The summed E-state index contributed by atoms with van der Waals surface area (Å²) in [4.78, 5) is 10.8. The van der Waals surface area contributed by atoms with Crippen LogP contribution in [0.15, 0.2) is 11.0 Å². The van der Waals surface area contributed by atoms with Crippen molar-refractivity contribution in [1.29, 1.82) is 0 Å². The van der Waals surface area contributed by atoms with Crippen molar-refractivity contribution in [3.8, 4) is 0 Å². The SMILES string of the molecule is O=C(O)C1(CNS(=O)(=O)c2cc(Cl)sc2Cl)CC1. The van der Waals surface area contributed by atoms with Gasteiger partial charge >= 0.3 is 5.97 Å². The lowest BCUT2D eigenvalue weighted by atomic mass is 10.1. The van der Waals surface area contributed by atoms with Gasteiger partial charge in [0, 0.05) is 6.54 Å². The number of halogens is 2. The molecule has 0 aliphatic heterocycles. The number of carboxylic acids is 1. The molecule has 0 radical (unpaired) electrons. The zero-order chi connectivity index (χ0) is 13.6. The van der Waals surface area contributed by atoms with Gasteiger partial charge in [0.1, 0.15) is 9.23 Å². The number of thiophene rings is 1. The molecule has 1 aromatic heterocycles. The standard InChI is InChI=1S/C9H9Cl2NO4S2/c10-6-3-5(7(11)17-6)18(15,16)12-4-9(1-2-9)8(13)14/h3,12H,1-2,4H2,(H,13,14). The molecule has 100 valence electrons. The van der Waals surface area contributed by atoms with Crippen molar-refractivity contribution in [2.75, 3.05) is 6.54 Å². The Morgan fingerprint density at radius 2 is 2.11 bits per heavy atom. The molecule has 1 aliphatic carbocycles. The Labute approximate surface area is 118 Å². The lowest BCUT2D eigenvalue weighted by molar-refractivity contribution is -0.143. The number of hydrogen-bond acceptors (Lipinski definition) is 4. The van der Waals surface area contributed by atoms with Gasteiger partial charge in [-0.15, -0.1) is 11.3 Å². The second-order valence-corrected chi connectivity index (χ2v) is 8.12. The summed E-state index contributed by atoms with van der Waals surface area (Å²) < 4.78 is 26.4. The summed E-state index contributed by atoms with van der Waals surface area (Å²) in [6.07, 6.45) is 0.950. The fourth-order valence-corrected chi connectivity index (χ4v) is 4.71. The number of hydrogen-bond donors (Lipinski definition) is 2. The first-order chi connectivity index (χ1) is 8.27. The Bertz CT molecular complexity index is 592. The van der Waals surface area contributed by atoms with E-state index in [2.05, 4.69) is 4.72 Å². The lowest BCUT2D eigenvalue weighted by Crippen LogP contribution is -2.34. The summed E-state index contributed by atoms with van der Waals surface area (Å²) in [5.41, 5.74) is -0.959. The maximum Gasteiger partial charge on any atom is 0.310 e. The van der Waals surface area contributed by atoms with E-state index in [1.807, 2.05) is 0 Å². The van der Waals surface area contributed by atoms with Crippen molar-refractivity contribution >= 4 is 50.5 Å². The lowest BCUT2D eigenvalue weighted by Gasteiger charge is -2.11. The van der Waals surface area contributed by atoms with Gasteiger partial charge in [-0.05, 0) is 18.9 Å². The molecule has 1 fully saturated rings. The first-order valence-electron chi connectivity index (χ1n) is 4.95. The number of nitrogens with one attached hydrogen (secondary N) is 1. The van der Waals surface area contributed by atoms with Gasteiger partial charge in [-0.2, -0.15) is 0 Å². The molecule has 0 aromatic carbocycles. The molecule has 0 atom stereocenters. The summed E-state index contributed by atoms with van der Waals surface area (Å²) in [5.74, 6) is -0.986. The van der Waals surface area contributed by atoms with Crippen LogP contribution >= 0.6 is 34.5 Å². The van der Waals surface area contributed by atoms with Gasteiger partial charge in [0.2, 0.25) is 10.0 Å². The summed E-state index contributed by atoms with van der Waals surface area (Å²) in [6.45, 7) is -0.130. The molecule has 1 aromatic rings. The Hall–Kier alpha value is -0.340. The largest absolute Gasteiger partial charge is 0.481 e. The molecule has 0 bridgehead atoms. The minimum atomic E-state index is -3.82. The van der Waals surface area contributed by atoms with E-state index in [9.17, 15) is 13.2 Å². The molecule has 2 N–H and O–H groups in total. The van der Waals surface area contributed by atoms with E-state index in [1.54, 1.807) is 0 Å². The van der Waals surface area contributed by atoms with Crippen LogP contribution in [0.2, 0.25) is 8.67 Å². The van der Waals surface area contributed by atoms with Gasteiger partial charge in [-0.3, -0.25) is 4.79 Å². The Morgan fingerprint density at radius 1 is 1.50 bits per heavy atom. The molecule has 2 rings (SSSR count). The van der Waals surface area contributed by atoms with Gasteiger partial charge in [0.15, 0.2) is 0 Å². The van der Waals surface area contributed by atoms with Gasteiger partial charge in [-0.1, -0.05) is 23.2 Å². The summed E-state index contributed by atoms with van der Waals surface area (Å²) >= 11 is 12.4. The average Bonchev–Trinajstić information content (AvgIpc) is 2.97. The minimum absolute atomic E-state index is 0.0627. The quantitative estimate of drug-likeness (QED) is 0.867.